The van der Waals surface area contributed by atoms with Gasteiger partial charge < -0.3 is 10.4 Å². The second-order valence-electron chi connectivity index (χ2n) is 5.18. The van der Waals surface area contributed by atoms with Crippen LogP contribution in [-0.2, 0) is 15.2 Å². The summed E-state index contributed by atoms with van der Waals surface area (Å²) in [5, 5.41) is 13.9. The second kappa shape index (κ2) is 4.32. The number of carbonyl (C=O) groups excluding carboxylic acids is 2. The molecule has 1 amide bonds. The average molecular weight is 280 g/mol. The number of Topliss-reactive ketones (excluding diaryl/α,β-unsaturated/α-hetero) is 1. The van der Waals surface area contributed by atoms with Crippen molar-refractivity contribution in [2.24, 2.45) is 5.92 Å². The van der Waals surface area contributed by atoms with E-state index in [2.05, 4.69) is 5.32 Å². The van der Waals surface area contributed by atoms with Gasteiger partial charge in [0.25, 0.3) is 5.91 Å². The number of aliphatic hydroxyl groups is 1. The first-order valence-electron chi connectivity index (χ1n) is 6.40. The van der Waals surface area contributed by atoms with Crippen molar-refractivity contribution in [3.05, 3.63) is 28.8 Å². The predicted octanol–water partition coefficient (Wildman–Crippen LogP) is 2.24. The molecule has 2 atom stereocenters. The summed E-state index contributed by atoms with van der Waals surface area (Å²) in [6, 6.07) is 4.87. The van der Waals surface area contributed by atoms with Gasteiger partial charge >= 0.3 is 0 Å². The smallest absolute Gasteiger partial charge is 0.261 e. The standard InChI is InChI=1S/C14H14ClNO3/c15-8-5-6-11-10(7-8)14(19,13(18)16-11)9-3-1-2-4-12(9)17/h5-7,9,19H,1-4H2,(H,16,18)/t9?,14-/m0/s1. The fourth-order valence-electron chi connectivity index (χ4n) is 3.05. The van der Waals surface area contributed by atoms with Crippen molar-refractivity contribution in [1.29, 1.82) is 0 Å². The molecule has 1 aliphatic heterocycles. The van der Waals surface area contributed by atoms with Crippen molar-refractivity contribution in [3.63, 3.8) is 0 Å². The lowest BCUT2D eigenvalue weighted by Crippen LogP contribution is -2.46. The summed E-state index contributed by atoms with van der Waals surface area (Å²) < 4.78 is 0. The van der Waals surface area contributed by atoms with E-state index in [-0.39, 0.29) is 5.78 Å². The van der Waals surface area contributed by atoms with E-state index in [1.807, 2.05) is 0 Å². The number of fused-ring (bicyclic) bond motifs is 1. The number of carbonyl (C=O) groups is 2. The molecule has 1 saturated carbocycles. The number of hydrogen-bond acceptors (Lipinski definition) is 3. The van der Waals surface area contributed by atoms with E-state index in [0.717, 1.165) is 12.8 Å². The van der Waals surface area contributed by atoms with E-state index in [1.54, 1.807) is 18.2 Å². The number of rotatable bonds is 1. The van der Waals surface area contributed by atoms with Gasteiger partial charge in [0.2, 0.25) is 0 Å². The molecule has 19 heavy (non-hydrogen) atoms. The first-order valence-corrected chi connectivity index (χ1v) is 6.78. The van der Waals surface area contributed by atoms with Gasteiger partial charge in [-0.3, -0.25) is 9.59 Å². The fraction of sp³-hybridized carbons (Fsp3) is 0.429. The molecule has 1 aliphatic carbocycles. The Kier molecular flexibility index (Phi) is 2.87. The zero-order valence-electron chi connectivity index (χ0n) is 10.3. The second-order valence-corrected chi connectivity index (χ2v) is 5.61. The lowest BCUT2D eigenvalue weighted by atomic mass is 9.73. The third-order valence-electron chi connectivity index (χ3n) is 4.05. The molecule has 0 spiro atoms. The van der Waals surface area contributed by atoms with Crippen molar-refractivity contribution in [2.75, 3.05) is 5.32 Å². The summed E-state index contributed by atoms with van der Waals surface area (Å²) in [7, 11) is 0. The molecule has 100 valence electrons. The van der Waals surface area contributed by atoms with Gasteiger partial charge in [-0.2, -0.15) is 0 Å². The Morgan fingerprint density at radius 2 is 2.11 bits per heavy atom. The lowest BCUT2D eigenvalue weighted by molar-refractivity contribution is -0.150. The van der Waals surface area contributed by atoms with Gasteiger partial charge in [0.05, 0.1) is 5.92 Å². The Hall–Kier alpha value is -1.39. The number of ketones is 1. The van der Waals surface area contributed by atoms with Crippen LogP contribution in [0.2, 0.25) is 5.02 Å². The molecule has 1 aromatic rings. The normalized spacial score (nSPS) is 30.1. The average Bonchev–Trinajstić information content (AvgIpc) is 2.64. The number of nitrogens with one attached hydrogen (secondary N) is 1. The highest BCUT2D eigenvalue weighted by Gasteiger charge is 2.53. The highest BCUT2D eigenvalue weighted by atomic mass is 35.5. The summed E-state index contributed by atoms with van der Waals surface area (Å²) in [6.07, 6.45) is 2.64. The van der Waals surface area contributed by atoms with Crippen LogP contribution < -0.4 is 5.32 Å². The van der Waals surface area contributed by atoms with E-state index in [0.29, 0.717) is 29.1 Å². The van der Waals surface area contributed by atoms with Gasteiger partial charge in [0.1, 0.15) is 5.78 Å². The number of hydrogen-bond donors (Lipinski definition) is 2. The van der Waals surface area contributed by atoms with Crippen LogP contribution in [0.15, 0.2) is 18.2 Å². The summed E-state index contributed by atoms with van der Waals surface area (Å²) in [6.45, 7) is 0. The van der Waals surface area contributed by atoms with Crippen LogP contribution in [0.3, 0.4) is 0 Å². The summed E-state index contributed by atoms with van der Waals surface area (Å²) >= 11 is 5.94. The first kappa shape index (κ1) is 12.6. The van der Waals surface area contributed by atoms with Crippen molar-refractivity contribution in [1.82, 2.24) is 0 Å². The van der Waals surface area contributed by atoms with E-state index < -0.39 is 17.4 Å². The van der Waals surface area contributed by atoms with Crippen LogP contribution >= 0.6 is 11.6 Å². The quantitative estimate of drug-likeness (QED) is 0.828. The topological polar surface area (TPSA) is 66.4 Å². The van der Waals surface area contributed by atoms with Gasteiger partial charge in [-0.1, -0.05) is 18.0 Å². The molecule has 1 unspecified atom stereocenters. The Bertz CT molecular complexity index is 572. The Balaban J connectivity index is 2.10. The van der Waals surface area contributed by atoms with Gasteiger partial charge in [0, 0.05) is 22.7 Å². The maximum absolute atomic E-state index is 12.2. The molecule has 5 heteroatoms. The molecule has 2 aliphatic rings. The van der Waals surface area contributed by atoms with Gasteiger partial charge in [-0.15, -0.1) is 0 Å². The number of amides is 1. The maximum atomic E-state index is 12.2. The van der Waals surface area contributed by atoms with Gasteiger partial charge in [-0.05, 0) is 31.0 Å². The Morgan fingerprint density at radius 1 is 1.32 bits per heavy atom. The van der Waals surface area contributed by atoms with Crippen molar-refractivity contribution >= 4 is 29.0 Å². The molecule has 0 saturated heterocycles. The largest absolute Gasteiger partial charge is 0.375 e. The predicted molar refractivity (Wildman–Crippen MR) is 70.9 cm³/mol. The third-order valence-corrected chi connectivity index (χ3v) is 4.28. The summed E-state index contributed by atoms with van der Waals surface area (Å²) in [5.74, 6) is -1.23. The van der Waals surface area contributed by atoms with Crippen molar-refractivity contribution in [2.45, 2.75) is 31.3 Å². The molecular weight excluding hydrogens is 266 g/mol. The van der Waals surface area contributed by atoms with E-state index in [9.17, 15) is 14.7 Å². The van der Waals surface area contributed by atoms with Crippen LogP contribution in [0, 0.1) is 5.92 Å². The third kappa shape index (κ3) is 1.78. The minimum Gasteiger partial charge on any atom is -0.375 e. The molecule has 1 heterocycles. The van der Waals surface area contributed by atoms with E-state index in [4.69, 9.17) is 11.6 Å². The molecule has 1 fully saturated rings. The Labute approximate surface area is 115 Å². The SMILES string of the molecule is O=C1CCCCC1[C@@]1(O)C(=O)Nc2ccc(Cl)cc21. The van der Waals surface area contributed by atoms with Crippen LogP contribution in [0.1, 0.15) is 31.2 Å². The molecular formula is C14H14ClNO3. The van der Waals surface area contributed by atoms with Crippen molar-refractivity contribution < 1.29 is 14.7 Å². The van der Waals surface area contributed by atoms with Crippen LogP contribution in [0.4, 0.5) is 5.69 Å². The van der Waals surface area contributed by atoms with E-state index in [1.165, 1.54) is 0 Å². The highest BCUT2D eigenvalue weighted by molar-refractivity contribution is 6.31. The molecule has 4 nitrogen and oxygen atoms in total. The summed E-state index contributed by atoms with van der Waals surface area (Å²) in [5.41, 5.74) is -0.807. The molecule has 0 bridgehead atoms. The molecule has 3 rings (SSSR count). The van der Waals surface area contributed by atoms with Crippen LogP contribution in [-0.4, -0.2) is 16.8 Å². The molecule has 1 aromatic carbocycles. The minimum absolute atomic E-state index is 0.0447. The molecule has 0 radical (unpaired) electrons. The zero-order valence-corrected chi connectivity index (χ0v) is 11.0. The van der Waals surface area contributed by atoms with Gasteiger partial charge in [0.15, 0.2) is 5.60 Å². The fourth-order valence-corrected chi connectivity index (χ4v) is 3.22. The number of benzene rings is 1. The monoisotopic (exact) mass is 279 g/mol. The maximum Gasteiger partial charge on any atom is 0.261 e. The zero-order chi connectivity index (χ0) is 13.6. The number of halogens is 1. The van der Waals surface area contributed by atoms with Gasteiger partial charge in [-0.25, -0.2) is 0 Å². The Morgan fingerprint density at radius 3 is 2.84 bits per heavy atom. The molecule has 2 N–H and O–H groups in total. The number of anilines is 1. The first-order chi connectivity index (χ1) is 9.03. The van der Waals surface area contributed by atoms with Crippen molar-refractivity contribution in [3.8, 4) is 0 Å². The lowest BCUT2D eigenvalue weighted by Gasteiger charge is -2.32. The van der Waals surface area contributed by atoms with Crippen LogP contribution in [0.25, 0.3) is 0 Å². The minimum atomic E-state index is -1.77. The van der Waals surface area contributed by atoms with Crippen LogP contribution in [0.5, 0.6) is 0 Å². The molecule has 0 aromatic heterocycles. The summed E-state index contributed by atoms with van der Waals surface area (Å²) in [4.78, 5) is 24.2. The highest BCUT2D eigenvalue weighted by Crippen LogP contribution is 2.45. The van der Waals surface area contributed by atoms with E-state index >= 15 is 0 Å².